The van der Waals surface area contributed by atoms with Crippen molar-refractivity contribution in [2.24, 2.45) is 0 Å². The van der Waals surface area contributed by atoms with Gasteiger partial charge in [0, 0.05) is 10.6 Å². The SMILES string of the molecule is CCOc1ccc(-n2c(SCC(=O)Nc3ccc(C(C)CC)cc3)nc3sc4c(c3c2=O)CCCC4)cc1. The highest BCUT2D eigenvalue weighted by Crippen LogP contribution is 2.35. The minimum absolute atomic E-state index is 0.0675. The number of aromatic nitrogens is 2. The van der Waals surface area contributed by atoms with E-state index in [0.717, 1.165) is 59.3 Å². The van der Waals surface area contributed by atoms with Crippen LogP contribution in [0.25, 0.3) is 15.9 Å². The third kappa shape index (κ3) is 5.52. The average molecular weight is 548 g/mol. The van der Waals surface area contributed by atoms with Crippen LogP contribution in [0.4, 0.5) is 5.69 Å². The number of nitrogens with one attached hydrogen (secondary N) is 1. The molecule has 0 spiro atoms. The minimum atomic E-state index is -0.135. The summed E-state index contributed by atoms with van der Waals surface area (Å²) in [6, 6.07) is 15.5. The molecule has 0 saturated heterocycles. The Morgan fingerprint density at radius 3 is 2.55 bits per heavy atom. The maximum Gasteiger partial charge on any atom is 0.267 e. The third-order valence-corrected chi connectivity index (χ3v) is 9.20. The van der Waals surface area contributed by atoms with Gasteiger partial charge in [0.2, 0.25) is 5.91 Å². The molecule has 1 amide bonds. The summed E-state index contributed by atoms with van der Waals surface area (Å²) >= 11 is 2.91. The Morgan fingerprint density at radius 1 is 1.11 bits per heavy atom. The Bertz CT molecular complexity index is 1490. The molecule has 0 aliphatic heterocycles. The van der Waals surface area contributed by atoms with E-state index in [-0.39, 0.29) is 17.2 Å². The van der Waals surface area contributed by atoms with Gasteiger partial charge < -0.3 is 10.1 Å². The summed E-state index contributed by atoms with van der Waals surface area (Å²) in [7, 11) is 0. The van der Waals surface area contributed by atoms with E-state index >= 15 is 0 Å². The van der Waals surface area contributed by atoms with E-state index in [9.17, 15) is 9.59 Å². The zero-order chi connectivity index (χ0) is 26.6. The molecule has 2 heterocycles. The van der Waals surface area contributed by atoms with E-state index in [1.54, 1.807) is 15.9 Å². The highest BCUT2D eigenvalue weighted by Gasteiger charge is 2.23. The van der Waals surface area contributed by atoms with Crippen LogP contribution in [-0.4, -0.2) is 27.8 Å². The van der Waals surface area contributed by atoms with Gasteiger partial charge in [-0.15, -0.1) is 11.3 Å². The van der Waals surface area contributed by atoms with Crippen LogP contribution < -0.4 is 15.6 Å². The van der Waals surface area contributed by atoms with Gasteiger partial charge in [0.1, 0.15) is 10.6 Å². The summed E-state index contributed by atoms with van der Waals surface area (Å²) in [5.74, 6) is 1.25. The third-order valence-electron chi connectivity index (χ3n) is 7.07. The molecule has 38 heavy (non-hydrogen) atoms. The van der Waals surface area contributed by atoms with Gasteiger partial charge in [-0.25, -0.2) is 4.98 Å². The number of hydrogen-bond acceptors (Lipinski definition) is 6. The van der Waals surface area contributed by atoms with Crippen LogP contribution in [-0.2, 0) is 17.6 Å². The van der Waals surface area contributed by atoms with Gasteiger partial charge in [-0.2, -0.15) is 0 Å². The van der Waals surface area contributed by atoms with Crippen molar-refractivity contribution in [3.8, 4) is 11.4 Å². The molecular formula is C30H33N3O3S2. The van der Waals surface area contributed by atoms with Crippen LogP contribution in [0, 0.1) is 0 Å². The summed E-state index contributed by atoms with van der Waals surface area (Å²) in [6.45, 7) is 6.88. The van der Waals surface area contributed by atoms with Gasteiger partial charge in [0.05, 0.1) is 23.4 Å². The minimum Gasteiger partial charge on any atom is -0.494 e. The monoisotopic (exact) mass is 547 g/mol. The number of amides is 1. The van der Waals surface area contributed by atoms with Crippen molar-refractivity contribution in [1.82, 2.24) is 9.55 Å². The molecule has 2 aromatic carbocycles. The molecule has 1 N–H and O–H groups in total. The fourth-order valence-electron chi connectivity index (χ4n) is 4.83. The first-order chi connectivity index (χ1) is 18.5. The molecule has 2 aromatic heterocycles. The van der Waals surface area contributed by atoms with Crippen LogP contribution in [0.15, 0.2) is 58.5 Å². The highest BCUT2D eigenvalue weighted by atomic mass is 32.2. The van der Waals surface area contributed by atoms with E-state index in [0.29, 0.717) is 23.4 Å². The largest absolute Gasteiger partial charge is 0.494 e. The number of carbonyl (C=O) groups is 1. The quantitative estimate of drug-likeness (QED) is 0.181. The number of nitrogens with zero attached hydrogens (tertiary/aromatic N) is 2. The molecule has 5 rings (SSSR count). The Morgan fingerprint density at radius 2 is 1.84 bits per heavy atom. The van der Waals surface area contributed by atoms with Crippen molar-refractivity contribution in [3.63, 3.8) is 0 Å². The van der Waals surface area contributed by atoms with Crippen LogP contribution in [0.1, 0.15) is 62.0 Å². The first kappa shape index (κ1) is 26.5. The van der Waals surface area contributed by atoms with Crippen molar-refractivity contribution in [2.75, 3.05) is 17.7 Å². The number of aryl methyl sites for hydroxylation is 2. The molecule has 0 fully saturated rings. The lowest BCUT2D eigenvalue weighted by Gasteiger charge is -2.14. The van der Waals surface area contributed by atoms with Crippen LogP contribution in [0.3, 0.4) is 0 Å². The predicted molar refractivity (Wildman–Crippen MR) is 158 cm³/mol. The number of anilines is 1. The molecular weight excluding hydrogens is 514 g/mol. The fourth-order valence-corrected chi connectivity index (χ4v) is 6.94. The molecule has 1 unspecified atom stereocenters. The van der Waals surface area contributed by atoms with Gasteiger partial charge in [-0.3, -0.25) is 14.2 Å². The normalized spacial score (nSPS) is 13.8. The standard InChI is InChI=1S/C30H33N3O3S2/c1-4-19(3)20-10-12-21(13-11-20)31-26(34)18-37-30-32-28-27(24-8-6-7-9-25(24)38-28)29(35)33(30)22-14-16-23(17-15-22)36-5-2/h10-17,19H,4-9,18H2,1-3H3,(H,31,34). The fraction of sp³-hybridized carbons (Fsp3) is 0.367. The second-order valence-corrected chi connectivity index (χ2v) is 11.6. The topological polar surface area (TPSA) is 73.2 Å². The lowest BCUT2D eigenvalue weighted by atomic mass is 9.97. The molecule has 0 saturated carbocycles. The number of thioether (sulfide) groups is 1. The molecule has 0 radical (unpaired) electrons. The van der Waals surface area contributed by atoms with E-state index in [1.165, 1.54) is 22.2 Å². The van der Waals surface area contributed by atoms with Crippen LogP contribution >= 0.6 is 23.1 Å². The zero-order valence-corrected chi connectivity index (χ0v) is 23.7. The second-order valence-electron chi connectivity index (χ2n) is 9.62. The Balaban J connectivity index is 1.44. The Hall–Kier alpha value is -3.10. The molecule has 1 atom stereocenters. The van der Waals surface area contributed by atoms with E-state index in [4.69, 9.17) is 9.72 Å². The highest BCUT2D eigenvalue weighted by molar-refractivity contribution is 7.99. The number of rotatable bonds is 9. The lowest BCUT2D eigenvalue weighted by Crippen LogP contribution is -2.23. The molecule has 198 valence electrons. The molecule has 8 heteroatoms. The van der Waals surface area contributed by atoms with Crippen LogP contribution in [0.5, 0.6) is 5.75 Å². The summed E-state index contributed by atoms with van der Waals surface area (Å²) in [5, 5.41) is 4.23. The van der Waals surface area contributed by atoms with Crippen molar-refractivity contribution in [1.29, 1.82) is 0 Å². The van der Waals surface area contributed by atoms with Gasteiger partial charge in [0.25, 0.3) is 5.56 Å². The average Bonchev–Trinajstić information content (AvgIpc) is 3.31. The van der Waals surface area contributed by atoms with Gasteiger partial charge in [-0.1, -0.05) is 37.7 Å². The molecule has 1 aliphatic rings. The second kappa shape index (κ2) is 11.7. The number of ether oxygens (including phenoxy) is 1. The first-order valence-electron chi connectivity index (χ1n) is 13.3. The zero-order valence-electron chi connectivity index (χ0n) is 22.1. The summed E-state index contributed by atoms with van der Waals surface area (Å²) in [5.41, 5.74) is 3.83. The van der Waals surface area contributed by atoms with E-state index in [2.05, 4.69) is 31.3 Å². The number of benzene rings is 2. The summed E-state index contributed by atoms with van der Waals surface area (Å²) < 4.78 is 7.24. The van der Waals surface area contributed by atoms with Crippen molar-refractivity contribution in [2.45, 2.75) is 63.9 Å². The van der Waals surface area contributed by atoms with Gasteiger partial charge in [-0.05, 0) is 92.5 Å². The molecule has 4 aromatic rings. The number of carbonyl (C=O) groups excluding carboxylic acids is 1. The molecule has 0 bridgehead atoms. The predicted octanol–water partition coefficient (Wildman–Crippen LogP) is 6.97. The van der Waals surface area contributed by atoms with Crippen molar-refractivity contribution in [3.05, 3.63) is 74.9 Å². The Labute approximate surface area is 231 Å². The summed E-state index contributed by atoms with van der Waals surface area (Å²) in [4.78, 5) is 33.8. The summed E-state index contributed by atoms with van der Waals surface area (Å²) in [6.07, 6.45) is 5.23. The van der Waals surface area contributed by atoms with E-state index in [1.807, 2.05) is 43.3 Å². The maximum absolute atomic E-state index is 13.9. The van der Waals surface area contributed by atoms with E-state index < -0.39 is 0 Å². The number of thiophene rings is 1. The van der Waals surface area contributed by atoms with Crippen molar-refractivity contribution < 1.29 is 9.53 Å². The lowest BCUT2D eigenvalue weighted by molar-refractivity contribution is -0.113. The smallest absolute Gasteiger partial charge is 0.267 e. The van der Waals surface area contributed by atoms with Crippen molar-refractivity contribution >= 4 is 44.9 Å². The van der Waals surface area contributed by atoms with Gasteiger partial charge >= 0.3 is 0 Å². The van der Waals surface area contributed by atoms with Gasteiger partial charge in [0.15, 0.2) is 5.16 Å². The first-order valence-corrected chi connectivity index (χ1v) is 15.1. The molecule has 1 aliphatic carbocycles. The number of hydrogen-bond donors (Lipinski definition) is 1. The molecule has 6 nitrogen and oxygen atoms in total. The Kier molecular flexibility index (Phi) is 8.19. The number of fused-ring (bicyclic) bond motifs is 3. The van der Waals surface area contributed by atoms with Crippen LogP contribution in [0.2, 0.25) is 0 Å². The maximum atomic E-state index is 13.9.